The molecule has 0 heterocycles. The lowest BCUT2D eigenvalue weighted by atomic mass is 9.46. The molecule has 1 nitrogen and oxygen atoms in total. The van der Waals surface area contributed by atoms with Gasteiger partial charge in [0.1, 0.15) is 0 Å². The maximum absolute atomic E-state index is 12.2. The first-order valence-electron chi connectivity index (χ1n) is 12.6. The monoisotopic (exact) mass is 418 g/mol. The van der Waals surface area contributed by atoms with Gasteiger partial charge in [0.2, 0.25) is 0 Å². The second-order valence-corrected chi connectivity index (χ2v) is 12.6. The molecule has 3 saturated carbocycles. The number of ketones is 1. The van der Waals surface area contributed by atoms with Gasteiger partial charge in [-0.2, -0.15) is 0 Å². The van der Waals surface area contributed by atoms with Gasteiger partial charge >= 0.3 is 0 Å². The Labute approximate surface area is 184 Å². The first-order chi connectivity index (χ1) is 13.7. The van der Waals surface area contributed by atoms with E-state index in [1.165, 1.54) is 56.9 Å². The molecule has 164 valence electrons. The highest BCUT2D eigenvalue weighted by Gasteiger charge is 2.59. The van der Waals surface area contributed by atoms with Gasteiger partial charge in [-0.15, -0.1) is 11.6 Å². The summed E-state index contributed by atoms with van der Waals surface area (Å²) in [4.78, 5) is 12.2. The second kappa shape index (κ2) is 7.99. The summed E-state index contributed by atoms with van der Waals surface area (Å²) in [6.07, 6.45) is 15.1. The Morgan fingerprint density at radius 1 is 1.07 bits per heavy atom. The van der Waals surface area contributed by atoms with Crippen molar-refractivity contribution in [2.45, 2.75) is 104 Å². The Morgan fingerprint density at radius 2 is 1.83 bits per heavy atom. The SMILES string of the molecule is CC(C)CCC[C@@H](C)[C@H]1CC[C@H]2[C@@H]3CCC4=CC(=O)[C@H](Cl)C[C@]4(C)[C@H]3CC[C@]12C. The maximum atomic E-state index is 12.2. The summed E-state index contributed by atoms with van der Waals surface area (Å²) >= 11 is 6.49. The van der Waals surface area contributed by atoms with Gasteiger partial charge in [0.25, 0.3) is 0 Å². The third-order valence-corrected chi connectivity index (χ3v) is 10.5. The van der Waals surface area contributed by atoms with Crippen molar-refractivity contribution < 1.29 is 4.79 Å². The molecule has 0 aromatic rings. The molecule has 0 bridgehead atoms. The molecule has 0 spiro atoms. The largest absolute Gasteiger partial charge is 0.293 e. The van der Waals surface area contributed by atoms with Crippen LogP contribution in [-0.4, -0.2) is 11.2 Å². The number of alkyl halides is 1. The zero-order chi connectivity index (χ0) is 21.0. The van der Waals surface area contributed by atoms with Crippen LogP contribution in [0.3, 0.4) is 0 Å². The lowest BCUT2D eigenvalue weighted by Crippen LogP contribution is -2.52. The highest BCUT2D eigenvalue weighted by Crippen LogP contribution is 2.67. The number of allylic oxidation sites excluding steroid dienone is 1. The summed E-state index contributed by atoms with van der Waals surface area (Å²) in [5, 5.41) is -0.298. The molecule has 0 amide bonds. The van der Waals surface area contributed by atoms with E-state index < -0.39 is 0 Å². The van der Waals surface area contributed by atoms with E-state index in [-0.39, 0.29) is 16.6 Å². The summed E-state index contributed by atoms with van der Waals surface area (Å²) in [5.74, 6) is 5.26. The van der Waals surface area contributed by atoms with Crippen molar-refractivity contribution >= 4 is 17.4 Å². The minimum atomic E-state index is -0.298. The van der Waals surface area contributed by atoms with Gasteiger partial charge in [0.05, 0.1) is 5.38 Å². The van der Waals surface area contributed by atoms with E-state index in [1.807, 2.05) is 6.08 Å². The van der Waals surface area contributed by atoms with Gasteiger partial charge < -0.3 is 0 Å². The Morgan fingerprint density at radius 3 is 2.55 bits per heavy atom. The third kappa shape index (κ3) is 3.66. The first-order valence-corrected chi connectivity index (χ1v) is 13.0. The van der Waals surface area contributed by atoms with Gasteiger partial charge in [-0.1, -0.05) is 59.5 Å². The molecule has 0 radical (unpaired) electrons. The van der Waals surface area contributed by atoms with Gasteiger partial charge in [0.15, 0.2) is 5.78 Å². The van der Waals surface area contributed by atoms with Crippen LogP contribution in [0.2, 0.25) is 0 Å². The molecule has 0 saturated heterocycles. The van der Waals surface area contributed by atoms with Crippen LogP contribution in [0.1, 0.15) is 98.8 Å². The molecule has 4 aliphatic rings. The molecular weight excluding hydrogens is 376 g/mol. The number of hydrogen-bond acceptors (Lipinski definition) is 1. The molecule has 4 rings (SSSR count). The first kappa shape index (κ1) is 21.9. The summed E-state index contributed by atoms with van der Waals surface area (Å²) in [7, 11) is 0. The van der Waals surface area contributed by atoms with Crippen molar-refractivity contribution in [3.8, 4) is 0 Å². The van der Waals surface area contributed by atoms with E-state index in [0.717, 1.165) is 48.3 Å². The van der Waals surface area contributed by atoms with Crippen molar-refractivity contribution in [2.75, 3.05) is 0 Å². The molecule has 0 N–H and O–H groups in total. The molecule has 29 heavy (non-hydrogen) atoms. The van der Waals surface area contributed by atoms with Crippen LogP contribution < -0.4 is 0 Å². The average Bonchev–Trinajstić information content (AvgIpc) is 3.00. The highest BCUT2D eigenvalue weighted by atomic mass is 35.5. The van der Waals surface area contributed by atoms with E-state index in [0.29, 0.717) is 5.41 Å². The molecule has 2 heteroatoms. The smallest absolute Gasteiger partial charge is 0.173 e. The van der Waals surface area contributed by atoms with E-state index >= 15 is 0 Å². The van der Waals surface area contributed by atoms with Gasteiger partial charge in [-0.25, -0.2) is 0 Å². The number of halogens is 1. The zero-order valence-electron chi connectivity index (χ0n) is 19.5. The lowest BCUT2D eigenvalue weighted by molar-refractivity contribution is -0.117. The van der Waals surface area contributed by atoms with Crippen LogP contribution in [0.15, 0.2) is 11.6 Å². The Balaban J connectivity index is 1.51. The number of rotatable bonds is 5. The molecule has 3 fully saturated rings. The molecule has 4 aliphatic carbocycles. The van der Waals surface area contributed by atoms with Crippen LogP contribution in [-0.2, 0) is 4.79 Å². The topological polar surface area (TPSA) is 17.1 Å². The summed E-state index contributed by atoms with van der Waals surface area (Å²) < 4.78 is 0. The Hall–Kier alpha value is -0.300. The second-order valence-electron chi connectivity index (χ2n) is 12.1. The number of carbonyl (C=O) groups excluding carboxylic acids is 1. The van der Waals surface area contributed by atoms with Crippen molar-refractivity contribution in [1.82, 2.24) is 0 Å². The maximum Gasteiger partial charge on any atom is 0.173 e. The fourth-order valence-corrected chi connectivity index (χ4v) is 8.99. The molecule has 0 unspecified atom stereocenters. The van der Waals surface area contributed by atoms with Gasteiger partial charge in [-0.05, 0) is 97.4 Å². The van der Waals surface area contributed by atoms with Gasteiger partial charge in [-0.3, -0.25) is 4.79 Å². The van der Waals surface area contributed by atoms with Crippen molar-refractivity contribution in [1.29, 1.82) is 0 Å². The van der Waals surface area contributed by atoms with E-state index in [2.05, 4.69) is 34.6 Å². The van der Waals surface area contributed by atoms with E-state index in [9.17, 15) is 4.79 Å². The third-order valence-electron chi connectivity index (χ3n) is 10.2. The average molecular weight is 419 g/mol. The lowest BCUT2D eigenvalue weighted by Gasteiger charge is -2.59. The van der Waals surface area contributed by atoms with Crippen LogP contribution in [0, 0.1) is 46.3 Å². The number of fused-ring (bicyclic) bond motifs is 5. The molecule has 8 atom stereocenters. The van der Waals surface area contributed by atoms with Gasteiger partial charge in [0, 0.05) is 0 Å². The minimum absolute atomic E-state index is 0.161. The minimum Gasteiger partial charge on any atom is -0.293 e. The fourth-order valence-electron chi connectivity index (χ4n) is 8.61. The summed E-state index contributed by atoms with van der Waals surface area (Å²) in [5.41, 5.74) is 2.15. The van der Waals surface area contributed by atoms with Crippen LogP contribution in [0.25, 0.3) is 0 Å². The quantitative estimate of drug-likeness (QED) is 0.416. The number of carbonyl (C=O) groups is 1. The highest BCUT2D eigenvalue weighted by molar-refractivity contribution is 6.33. The summed E-state index contributed by atoms with van der Waals surface area (Å²) in [6.45, 7) is 12.4. The number of hydrogen-bond donors (Lipinski definition) is 0. The van der Waals surface area contributed by atoms with Crippen molar-refractivity contribution in [2.24, 2.45) is 46.3 Å². The zero-order valence-corrected chi connectivity index (χ0v) is 20.2. The van der Waals surface area contributed by atoms with Crippen molar-refractivity contribution in [3.05, 3.63) is 11.6 Å². The Bertz CT molecular complexity index is 665. The summed E-state index contributed by atoms with van der Waals surface area (Å²) in [6, 6.07) is 0. The predicted molar refractivity (Wildman–Crippen MR) is 123 cm³/mol. The standard InChI is InChI=1S/C27H43ClO/c1-17(2)7-6-8-18(3)21-11-12-22-20-10-9-19-15-25(29)24(28)16-27(19,5)23(20)13-14-26(21,22)4/h15,17-18,20-24H,6-14,16H2,1-5H3/t18-,20+,21-,22+,23+,24-,26-,27+/m1/s1. The van der Waals surface area contributed by atoms with Crippen LogP contribution >= 0.6 is 11.6 Å². The van der Waals surface area contributed by atoms with E-state index in [4.69, 9.17) is 11.6 Å². The van der Waals surface area contributed by atoms with Crippen LogP contribution in [0.4, 0.5) is 0 Å². The van der Waals surface area contributed by atoms with Crippen molar-refractivity contribution in [3.63, 3.8) is 0 Å². The molecule has 0 aromatic carbocycles. The molecule has 0 aliphatic heterocycles. The fraction of sp³-hybridized carbons (Fsp3) is 0.889. The van der Waals surface area contributed by atoms with E-state index in [1.54, 1.807) is 0 Å². The Kier molecular flexibility index (Phi) is 6.04. The predicted octanol–water partition coefficient (Wildman–Crippen LogP) is 7.81. The van der Waals surface area contributed by atoms with Crippen LogP contribution in [0.5, 0.6) is 0 Å². The molecular formula is C27H43ClO. The molecule has 0 aromatic heterocycles. The normalized spacial score (nSPS) is 45.4.